The fraction of sp³-hybridized carbons (Fsp3) is 0.333. The number of piperidine rings is 1. The van der Waals surface area contributed by atoms with Crippen LogP contribution >= 0.6 is 0 Å². The Balaban J connectivity index is 1.29. The van der Waals surface area contributed by atoms with Crippen molar-refractivity contribution in [1.82, 2.24) is 19.7 Å². The van der Waals surface area contributed by atoms with Crippen LogP contribution in [0.2, 0.25) is 0 Å². The van der Waals surface area contributed by atoms with Gasteiger partial charge in [0.15, 0.2) is 0 Å². The second-order valence-electron chi connectivity index (χ2n) is 6.71. The molecule has 0 unspecified atom stereocenters. The topological polar surface area (TPSA) is 43.2 Å². The van der Waals surface area contributed by atoms with Crippen LogP contribution < -0.4 is 0 Å². The van der Waals surface area contributed by atoms with E-state index in [9.17, 15) is 0 Å². The van der Waals surface area contributed by atoms with Gasteiger partial charge < -0.3 is 4.74 Å². The van der Waals surface area contributed by atoms with Crippen LogP contribution in [0.1, 0.15) is 18.4 Å². The Bertz CT molecular complexity index is 795. The van der Waals surface area contributed by atoms with E-state index < -0.39 is 0 Å². The first kappa shape index (κ1) is 16.9. The highest BCUT2D eigenvalue weighted by Crippen LogP contribution is 2.20. The molecule has 0 amide bonds. The summed E-state index contributed by atoms with van der Waals surface area (Å²) in [7, 11) is 0. The molecule has 1 saturated heterocycles. The normalized spacial score (nSPS) is 16.0. The Morgan fingerprint density at radius 3 is 2.58 bits per heavy atom. The number of ether oxygens (including phenoxy) is 1. The van der Waals surface area contributed by atoms with Gasteiger partial charge in [0.05, 0.1) is 25.1 Å². The van der Waals surface area contributed by atoms with E-state index in [1.54, 1.807) is 6.20 Å². The minimum atomic E-state index is 0.349. The van der Waals surface area contributed by atoms with Crippen LogP contribution in [-0.4, -0.2) is 38.9 Å². The number of rotatable bonds is 6. The Morgan fingerprint density at radius 2 is 1.81 bits per heavy atom. The highest BCUT2D eigenvalue weighted by atomic mass is 16.5. The summed E-state index contributed by atoms with van der Waals surface area (Å²) >= 11 is 0. The SMILES string of the molecule is c1ccc(COC2CCN(Cn3nccc3-c3cccnc3)CC2)cc1. The molecule has 0 saturated carbocycles. The summed E-state index contributed by atoms with van der Waals surface area (Å²) in [6, 6.07) is 16.5. The molecule has 1 fully saturated rings. The molecule has 5 heteroatoms. The highest BCUT2D eigenvalue weighted by Gasteiger charge is 2.20. The van der Waals surface area contributed by atoms with Gasteiger partial charge in [-0.1, -0.05) is 30.3 Å². The molecular weight excluding hydrogens is 324 g/mol. The van der Waals surface area contributed by atoms with Crippen LogP contribution in [0.5, 0.6) is 0 Å². The molecule has 0 radical (unpaired) electrons. The lowest BCUT2D eigenvalue weighted by molar-refractivity contribution is -0.00891. The maximum Gasteiger partial charge on any atom is 0.0936 e. The van der Waals surface area contributed by atoms with Crippen molar-refractivity contribution >= 4 is 0 Å². The number of nitrogens with zero attached hydrogens (tertiary/aromatic N) is 4. The smallest absolute Gasteiger partial charge is 0.0936 e. The highest BCUT2D eigenvalue weighted by molar-refractivity contribution is 5.57. The van der Waals surface area contributed by atoms with Gasteiger partial charge in [0, 0.05) is 37.2 Å². The van der Waals surface area contributed by atoms with E-state index in [1.807, 2.05) is 30.6 Å². The zero-order valence-corrected chi connectivity index (χ0v) is 14.9. The largest absolute Gasteiger partial charge is 0.373 e. The zero-order valence-electron chi connectivity index (χ0n) is 14.9. The first-order valence-corrected chi connectivity index (χ1v) is 9.18. The second-order valence-corrected chi connectivity index (χ2v) is 6.71. The van der Waals surface area contributed by atoms with Crippen LogP contribution in [-0.2, 0) is 18.0 Å². The maximum atomic E-state index is 6.09. The van der Waals surface area contributed by atoms with Gasteiger partial charge in [-0.25, -0.2) is 0 Å². The molecule has 26 heavy (non-hydrogen) atoms. The summed E-state index contributed by atoms with van der Waals surface area (Å²) < 4.78 is 8.15. The lowest BCUT2D eigenvalue weighted by Crippen LogP contribution is -2.38. The number of likely N-dealkylation sites (tertiary alicyclic amines) is 1. The molecule has 4 rings (SSSR count). The molecule has 1 aromatic carbocycles. The number of pyridine rings is 1. The molecule has 3 heterocycles. The fourth-order valence-corrected chi connectivity index (χ4v) is 3.40. The summed E-state index contributed by atoms with van der Waals surface area (Å²) in [6.45, 7) is 3.58. The van der Waals surface area contributed by atoms with E-state index in [0.717, 1.165) is 43.9 Å². The number of aromatic nitrogens is 3. The van der Waals surface area contributed by atoms with Gasteiger partial charge in [0.2, 0.25) is 0 Å². The molecule has 2 aromatic heterocycles. The predicted octanol–water partition coefficient (Wildman–Crippen LogP) is 3.58. The first-order chi connectivity index (χ1) is 12.9. The third-order valence-electron chi connectivity index (χ3n) is 4.87. The van der Waals surface area contributed by atoms with Crippen LogP contribution in [0.15, 0.2) is 67.1 Å². The predicted molar refractivity (Wildman–Crippen MR) is 101 cm³/mol. The molecule has 5 nitrogen and oxygen atoms in total. The van der Waals surface area contributed by atoms with Gasteiger partial charge in [0.25, 0.3) is 0 Å². The summed E-state index contributed by atoms with van der Waals surface area (Å²) in [5, 5.41) is 4.50. The average Bonchev–Trinajstić information content (AvgIpc) is 3.17. The van der Waals surface area contributed by atoms with Gasteiger partial charge in [-0.2, -0.15) is 5.10 Å². The van der Waals surface area contributed by atoms with Crippen LogP contribution in [0.3, 0.4) is 0 Å². The van der Waals surface area contributed by atoms with Crippen molar-refractivity contribution in [1.29, 1.82) is 0 Å². The summed E-state index contributed by atoms with van der Waals surface area (Å²) in [6.07, 6.45) is 8.02. The van der Waals surface area contributed by atoms with Crippen LogP contribution in [0.4, 0.5) is 0 Å². The molecule has 0 N–H and O–H groups in total. The molecule has 134 valence electrons. The van der Waals surface area contributed by atoms with E-state index >= 15 is 0 Å². The minimum absolute atomic E-state index is 0.349. The third kappa shape index (κ3) is 4.18. The maximum absolute atomic E-state index is 6.09. The molecular formula is C21H24N4O. The summed E-state index contributed by atoms with van der Waals surface area (Å²) in [4.78, 5) is 6.65. The standard InChI is InChI=1S/C21H24N4O/c1-2-5-18(6-3-1)16-26-20-9-13-24(14-10-20)17-25-21(8-12-23-25)19-7-4-11-22-15-19/h1-8,11-12,15,20H,9-10,13-14,16-17H2. The van der Waals surface area contributed by atoms with E-state index in [0.29, 0.717) is 12.7 Å². The van der Waals surface area contributed by atoms with Crippen molar-refractivity contribution in [2.45, 2.75) is 32.2 Å². The quantitative estimate of drug-likeness (QED) is 0.683. The van der Waals surface area contributed by atoms with Crippen molar-refractivity contribution in [2.75, 3.05) is 13.1 Å². The zero-order chi connectivity index (χ0) is 17.6. The third-order valence-corrected chi connectivity index (χ3v) is 4.87. The molecule has 0 bridgehead atoms. The van der Waals surface area contributed by atoms with E-state index in [2.05, 4.69) is 50.0 Å². The van der Waals surface area contributed by atoms with Crippen molar-refractivity contribution in [3.05, 3.63) is 72.7 Å². The van der Waals surface area contributed by atoms with Gasteiger partial charge in [-0.05, 0) is 36.6 Å². The number of hydrogen-bond donors (Lipinski definition) is 0. The van der Waals surface area contributed by atoms with E-state index in [4.69, 9.17) is 4.74 Å². The van der Waals surface area contributed by atoms with Crippen molar-refractivity contribution in [3.63, 3.8) is 0 Å². The Labute approximate surface area is 154 Å². The van der Waals surface area contributed by atoms with Crippen molar-refractivity contribution in [3.8, 4) is 11.3 Å². The Hall–Kier alpha value is -2.50. The Morgan fingerprint density at radius 1 is 0.962 bits per heavy atom. The van der Waals surface area contributed by atoms with Gasteiger partial charge in [-0.15, -0.1) is 0 Å². The van der Waals surface area contributed by atoms with E-state index in [1.165, 1.54) is 5.56 Å². The van der Waals surface area contributed by atoms with Gasteiger partial charge >= 0.3 is 0 Å². The van der Waals surface area contributed by atoms with Crippen molar-refractivity contribution < 1.29 is 4.74 Å². The first-order valence-electron chi connectivity index (χ1n) is 9.18. The molecule has 3 aromatic rings. The van der Waals surface area contributed by atoms with Crippen molar-refractivity contribution in [2.24, 2.45) is 0 Å². The Kier molecular flexibility index (Phi) is 5.38. The molecule has 0 aliphatic carbocycles. The molecule has 1 aliphatic rings. The van der Waals surface area contributed by atoms with Crippen LogP contribution in [0, 0.1) is 0 Å². The fourth-order valence-electron chi connectivity index (χ4n) is 3.40. The average molecular weight is 348 g/mol. The summed E-state index contributed by atoms with van der Waals surface area (Å²) in [5.41, 5.74) is 3.46. The van der Waals surface area contributed by atoms with Gasteiger partial charge in [0.1, 0.15) is 0 Å². The monoisotopic (exact) mass is 348 g/mol. The van der Waals surface area contributed by atoms with E-state index in [-0.39, 0.29) is 0 Å². The van der Waals surface area contributed by atoms with Gasteiger partial charge in [-0.3, -0.25) is 14.6 Å². The van der Waals surface area contributed by atoms with Crippen LogP contribution in [0.25, 0.3) is 11.3 Å². The molecule has 0 atom stereocenters. The summed E-state index contributed by atoms with van der Waals surface area (Å²) in [5.74, 6) is 0. The second kappa shape index (κ2) is 8.25. The number of hydrogen-bond acceptors (Lipinski definition) is 4. The minimum Gasteiger partial charge on any atom is -0.373 e. The molecule has 1 aliphatic heterocycles. The number of benzene rings is 1. The lowest BCUT2D eigenvalue weighted by Gasteiger charge is -2.32. The molecule has 0 spiro atoms. The lowest BCUT2D eigenvalue weighted by atomic mass is 10.1.